The van der Waals surface area contributed by atoms with Gasteiger partial charge in [0.1, 0.15) is 0 Å². The predicted molar refractivity (Wildman–Crippen MR) is 139 cm³/mol. The molecule has 4 rings (SSSR count). The number of carbonyl (C=O) groups is 2. The Hall–Kier alpha value is -3.62. The summed E-state index contributed by atoms with van der Waals surface area (Å²) >= 11 is 0. The molecule has 0 unspecified atom stereocenters. The van der Waals surface area contributed by atoms with Gasteiger partial charge in [0.2, 0.25) is 5.91 Å². The number of rotatable bonds is 8. The summed E-state index contributed by atoms with van der Waals surface area (Å²) in [4.78, 5) is 27.0. The lowest BCUT2D eigenvalue weighted by molar-refractivity contribution is -0.137. The maximum Gasteiger partial charge on any atom is 0.416 e. The van der Waals surface area contributed by atoms with Crippen LogP contribution in [0.3, 0.4) is 0 Å². The summed E-state index contributed by atoms with van der Waals surface area (Å²) in [5, 5.41) is 7.71. The van der Waals surface area contributed by atoms with Crippen molar-refractivity contribution in [3.05, 3.63) is 83.2 Å². The largest absolute Gasteiger partial charge is 0.416 e. The second-order valence-corrected chi connectivity index (χ2v) is 10.3. The lowest BCUT2D eigenvalue weighted by Crippen LogP contribution is -2.39. The molecule has 0 radical (unpaired) electrons. The van der Waals surface area contributed by atoms with E-state index in [-0.39, 0.29) is 23.3 Å². The summed E-state index contributed by atoms with van der Waals surface area (Å²) in [6, 6.07) is 16.3. The molecule has 0 bridgehead atoms. The van der Waals surface area contributed by atoms with Gasteiger partial charge in [0.25, 0.3) is 5.91 Å². The maximum absolute atomic E-state index is 12.8. The molecule has 1 aromatic heterocycles. The van der Waals surface area contributed by atoms with Gasteiger partial charge in [-0.2, -0.15) is 18.3 Å². The first kappa shape index (κ1) is 27.4. The summed E-state index contributed by atoms with van der Waals surface area (Å²) < 4.78 is 40.3. The number of piperidine rings is 1. The fourth-order valence-electron chi connectivity index (χ4n) is 4.77. The smallest absolute Gasteiger partial charge is 0.350 e. The molecule has 1 fully saturated rings. The van der Waals surface area contributed by atoms with Crippen molar-refractivity contribution < 1.29 is 22.8 Å². The highest BCUT2D eigenvalue weighted by Gasteiger charge is 2.31. The van der Waals surface area contributed by atoms with Crippen LogP contribution in [0.4, 0.5) is 13.2 Å². The monoisotopic (exact) mass is 526 g/mol. The van der Waals surface area contributed by atoms with E-state index in [0.29, 0.717) is 44.8 Å². The number of aromatic nitrogens is 2. The van der Waals surface area contributed by atoms with E-state index in [4.69, 9.17) is 5.10 Å². The van der Waals surface area contributed by atoms with Crippen molar-refractivity contribution >= 4 is 11.8 Å². The van der Waals surface area contributed by atoms with Gasteiger partial charge in [0.15, 0.2) is 0 Å². The Morgan fingerprint density at radius 1 is 1.03 bits per heavy atom. The Morgan fingerprint density at radius 2 is 1.68 bits per heavy atom. The molecule has 1 aliphatic heterocycles. The minimum absolute atomic E-state index is 0.0582. The van der Waals surface area contributed by atoms with Gasteiger partial charge in [0, 0.05) is 30.8 Å². The van der Waals surface area contributed by atoms with Crippen molar-refractivity contribution in [1.82, 2.24) is 20.0 Å². The van der Waals surface area contributed by atoms with Crippen molar-refractivity contribution in [2.24, 2.45) is 11.8 Å². The molecule has 202 valence electrons. The minimum Gasteiger partial charge on any atom is -0.350 e. The molecular formula is C29H33F3N4O2. The zero-order chi connectivity index (χ0) is 27.3. The number of nitrogens with zero attached hydrogens (tertiary/aromatic N) is 3. The summed E-state index contributed by atoms with van der Waals surface area (Å²) in [7, 11) is 0. The van der Waals surface area contributed by atoms with Crippen LogP contribution in [0.25, 0.3) is 5.69 Å². The van der Waals surface area contributed by atoms with Crippen molar-refractivity contribution in [1.29, 1.82) is 0 Å². The number of amides is 2. The minimum atomic E-state index is -4.43. The van der Waals surface area contributed by atoms with Crippen LogP contribution in [0.15, 0.2) is 60.7 Å². The van der Waals surface area contributed by atoms with Gasteiger partial charge in [-0.05, 0) is 73.6 Å². The summed E-state index contributed by atoms with van der Waals surface area (Å²) in [5.74, 6) is 0.267. The first-order chi connectivity index (χ1) is 18.1. The molecule has 9 heteroatoms. The fraction of sp³-hybridized carbons (Fsp3) is 0.414. The second-order valence-electron chi connectivity index (χ2n) is 10.3. The Balaban J connectivity index is 1.27. The van der Waals surface area contributed by atoms with E-state index in [2.05, 4.69) is 19.2 Å². The molecule has 38 heavy (non-hydrogen) atoms. The molecule has 1 saturated heterocycles. The molecule has 1 N–H and O–H groups in total. The van der Waals surface area contributed by atoms with Crippen molar-refractivity contribution in [2.45, 2.75) is 52.3 Å². The highest BCUT2D eigenvalue weighted by atomic mass is 19.4. The maximum atomic E-state index is 12.8. The third-order valence-corrected chi connectivity index (χ3v) is 6.75. The molecule has 1 aliphatic rings. The molecule has 0 atom stereocenters. The molecule has 0 saturated carbocycles. The molecular weight excluding hydrogens is 493 g/mol. The van der Waals surface area contributed by atoms with Gasteiger partial charge in [-0.1, -0.05) is 32.0 Å². The van der Waals surface area contributed by atoms with Crippen molar-refractivity contribution in [2.75, 3.05) is 13.1 Å². The molecule has 0 aliphatic carbocycles. The number of halogens is 3. The zero-order valence-corrected chi connectivity index (χ0v) is 21.7. The number of benzene rings is 2. The van der Waals surface area contributed by atoms with Crippen LogP contribution in [0, 0.1) is 11.8 Å². The van der Waals surface area contributed by atoms with E-state index in [1.807, 2.05) is 41.1 Å². The lowest BCUT2D eigenvalue weighted by Gasteiger charge is -2.32. The Morgan fingerprint density at radius 3 is 2.29 bits per heavy atom. The third kappa shape index (κ3) is 7.02. The summed E-state index contributed by atoms with van der Waals surface area (Å²) in [5.41, 5.74) is 2.34. The van der Waals surface area contributed by atoms with Crippen molar-refractivity contribution in [3.8, 4) is 5.69 Å². The normalized spacial score (nSPS) is 14.6. The number of likely N-dealkylation sites (tertiary alicyclic amines) is 1. The van der Waals surface area contributed by atoms with Crippen LogP contribution in [-0.2, 0) is 23.9 Å². The molecule has 0 spiro atoms. The topological polar surface area (TPSA) is 67.2 Å². The second kappa shape index (κ2) is 11.8. The van der Waals surface area contributed by atoms with Gasteiger partial charge >= 0.3 is 6.18 Å². The molecule has 6 nitrogen and oxygen atoms in total. The van der Waals surface area contributed by atoms with E-state index >= 15 is 0 Å². The van der Waals surface area contributed by atoms with Crippen LogP contribution < -0.4 is 5.32 Å². The Labute approximate surface area is 220 Å². The van der Waals surface area contributed by atoms with Gasteiger partial charge in [-0.3, -0.25) is 9.59 Å². The number of hydrogen-bond acceptors (Lipinski definition) is 3. The van der Waals surface area contributed by atoms with Crippen LogP contribution in [0.2, 0.25) is 0 Å². The first-order valence-corrected chi connectivity index (χ1v) is 13.0. The lowest BCUT2D eigenvalue weighted by atomic mass is 9.92. The van der Waals surface area contributed by atoms with Crippen LogP contribution in [-0.4, -0.2) is 39.6 Å². The first-order valence-electron chi connectivity index (χ1n) is 13.0. The number of para-hydroxylation sites is 1. The van der Waals surface area contributed by atoms with E-state index in [1.165, 1.54) is 12.1 Å². The van der Waals surface area contributed by atoms with E-state index in [0.717, 1.165) is 35.6 Å². The standard InChI is InChI=1S/C29H33F3N4O2/c1-20(2)16-26-18-24(34-36(26)25-6-4-3-5-7-25)19-33-27(37)17-21-12-14-35(15-13-21)28(38)22-8-10-23(11-9-22)29(30,31)32/h3-11,18,20-21H,12-17,19H2,1-2H3,(H,33,37). The van der Waals surface area contributed by atoms with Crippen LogP contribution >= 0.6 is 0 Å². The molecule has 3 aromatic rings. The molecule has 2 amide bonds. The quantitative estimate of drug-likeness (QED) is 0.413. The Kier molecular flexibility index (Phi) is 8.54. The van der Waals surface area contributed by atoms with Crippen LogP contribution in [0.5, 0.6) is 0 Å². The van der Waals surface area contributed by atoms with Gasteiger partial charge in [-0.25, -0.2) is 4.68 Å². The van der Waals surface area contributed by atoms with Gasteiger partial charge in [-0.15, -0.1) is 0 Å². The van der Waals surface area contributed by atoms with Gasteiger partial charge in [0.05, 0.1) is 23.5 Å². The highest BCUT2D eigenvalue weighted by molar-refractivity contribution is 5.94. The molecule has 2 aromatic carbocycles. The highest BCUT2D eigenvalue weighted by Crippen LogP contribution is 2.29. The van der Waals surface area contributed by atoms with E-state index in [9.17, 15) is 22.8 Å². The number of nitrogens with one attached hydrogen (secondary N) is 1. The predicted octanol–water partition coefficient (Wildman–Crippen LogP) is 5.65. The fourth-order valence-corrected chi connectivity index (χ4v) is 4.77. The SMILES string of the molecule is CC(C)Cc1cc(CNC(=O)CC2CCN(C(=O)c3ccc(C(F)(F)F)cc3)CC2)nn1-c1ccccc1. The number of alkyl halides is 3. The van der Waals surface area contributed by atoms with E-state index < -0.39 is 11.7 Å². The van der Waals surface area contributed by atoms with E-state index in [1.54, 1.807) is 4.90 Å². The zero-order valence-electron chi connectivity index (χ0n) is 21.7. The average Bonchev–Trinajstić information content (AvgIpc) is 3.29. The summed E-state index contributed by atoms with van der Waals surface area (Å²) in [6.07, 6.45) is -1.86. The van der Waals surface area contributed by atoms with Crippen LogP contribution in [0.1, 0.15) is 60.4 Å². The average molecular weight is 527 g/mol. The third-order valence-electron chi connectivity index (χ3n) is 6.75. The van der Waals surface area contributed by atoms with Crippen molar-refractivity contribution in [3.63, 3.8) is 0 Å². The summed E-state index contributed by atoms with van der Waals surface area (Å²) in [6.45, 7) is 5.60. The Bertz CT molecular complexity index is 1230. The number of hydrogen-bond donors (Lipinski definition) is 1. The molecule has 2 heterocycles. The van der Waals surface area contributed by atoms with Gasteiger partial charge < -0.3 is 10.2 Å². The number of carbonyl (C=O) groups excluding carboxylic acids is 2.